The van der Waals surface area contributed by atoms with Gasteiger partial charge in [0.15, 0.2) is 0 Å². The summed E-state index contributed by atoms with van der Waals surface area (Å²) >= 11 is 11.4. The predicted octanol–water partition coefficient (Wildman–Crippen LogP) is 2.02. The molecule has 0 bridgehead atoms. The maximum atomic E-state index is 13.0. The fourth-order valence-electron chi connectivity index (χ4n) is 1.31. The topological polar surface area (TPSA) is 58.2 Å². The van der Waals surface area contributed by atoms with Crippen LogP contribution >= 0.6 is 23.2 Å². The summed E-state index contributed by atoms with van der Waals surface area (Å²) < 4.78 is 39.1. The van der Waals surface area contributed by atoms with Crippen LogP contribution in [0.15, 0.2) is 17.0 Å². The van der Waals surface area contributed by atoms with Crippen molar-refractivity contribution < 1.29 is 12.8 Å². The summed E-state index contributed by atoms with van der Waals surface area (Å²) in [7, 11) is -3.84. The molecule has 2 N–H and O–H groups in total. The van der Waals surface area contributed by atoms with Gasteiger partial charge in [-0.05, 0) is 18.7 Å². The minimum Gasteiger partial charge on any atom is -0.316 e. The smallest absolute Gasteiger partial charge is 0.243 e. The lowest BCUT2D eigenvalue weighted by molar-refractivity contribution is 0.576. The van der Waals surface area contributed by atoms with Gasteiger partial charge in [0, 0.05) is 13.1 Å². The van der Waals surface area contributed by atoms with Crippen LogP contribution in [0.2, 0.25) is 10.0 Å². The van der Waals surface area contributed by atoms with Gasteiger partial charge in [0.05, 0.1) is 10.0 Å². The molecule has 0 heterocycles. The molecule has 4 nitrogen and oxygen atoms in total. The molecule has 0 aliphatic rings. The highest BCUT2D eigenvalue weighted by Crippen LogP contribution is 2.30. The van der Waals surface area contributed by atoms with Crippen molar-refractivity contribution in [1.29, 1.82) is 0 Å². The van der Waals surface area contributed by atoms with Gasteiger partial charge in [-0.25, -0.2) is 17.5 Å². The van der Waals surface area contributed by atoms with Crippen LogP contribution in [0.1, 0.15) is 6.92 Å². The fourth-order valence-corrected chi connectivity index (χ4v) is 3.52. The molecule has 0 aliphatic heterocycles. The van der Waals surface area contributed by atoms with E-state index in [1.54, 1.807) is 0 Å². The zero-order chi connectivity index (χ0) is 13.8. The molecule has 1 aromatic rings. The predicted molar refractivity (Wildman–Crippen MR) is 70.2 cm³/mol. The third kappa shape index (κ3) is 4.07. The van der Waals surface area contributed by atoms with Gasteiger partial charge in [-0.1, -0.05) is 30.1 Å². The molecule has 18 heavy (non-hydrogen) atoms. The molecular weight excluding hydrogens is 302 g/mol. The highest BCUT2D eigenvalue weighted by Gasteiger charge is 2.22. The molecule has 0 fully saturated rings. The number of sulfonamides is 1. The van der Waals surface area contributed by atoms with Gasteiger partial charge in [0.2, 0.25) is 10.0 Å². The average Bonchev–Trinajstić information content (AvgIpc) is 2.22. The Kier molecular flexibility index (Phi) is 5.81. The highest BCUT2D eigenvalue weighted by atomic mass is 35.5. The van der Waals surface area contributed by atoms with Crippen LogP contribution in [-0.4, -0.2) is 28.1 Å². The minimum atomic E-state index is -3.84. The summed E-state index contributed by atoms with van der Waals surface area (Å²) in [5, 5.41) is 2.48. The van der Waals surface area contributed by atoms with Crippen molar-refractivity contribution in [3.8, 4) is 0 Å². The Hall–Kier alpha value is -0.400. The van der Waals surface area contributed by atoms with Gasteiger partial charge in [-0.15, -0.1) is 0 Å². The van der Waals surface area contributed by atoms with Crippen molar-refractivity contribution in [2.24, 2.45) is 0 Å². The van der Waals surface area contributed by atoms with Crippen molar-refractivity contribution in [1.82, 2.24) is 10.0 Å². The molecule has 0 radical (unpaired) electrons. The van der Waals surface area contributed by atoms with Crippen molar-refractivity contribution in [3.05, 3.63) is 28.0 Å². The third-order valence-electron chi connectivity index (χ3n) is 2.08. The van der Waals surface area contributed by atoms with E-state index in [1.807, 2.05) is 6.92 Å². The first-order chi connectivity index (χ1) is 8.38. The number of hydrogen-bond donors (Lipinski definition) is 2. The lowest BCUT2D eigenvalue weighted by atomic mass is 10.3. The molecule has 0 spiro atoms. The van der Waals surface area contributed by atoms with Crippen molar-refractivity contribution >= 4 is 33.2 Å². The van der Waals surface area contributed by atoms with Gasteiger partial charge in [-0.2, -0.15) is 0 Å². The molecular formula is C10H13Cl2FN2O2S. The van der Waals surface area contributed by atoms with Crippen LogP contribution < -0.4 is 10.0 Å². The van der Waals surface area contributed by atoms with Crippen LogP contribution in [0.3, 0.4) is 0 Å². The largest absolute Gasteiger partial charge is 0.316 e. The molecule has 1 aromatic carbocycles. The quantitative estimate of drug-likeness (QED) is 0.790. The van der Waals surface area contributed by atoms with E-state index in [0.717, 1.165) is 18.7 Å². The standard InChI is InChI=1S/C10H13Cl2FN2O2S/c1-2-14-3-4-15-18(16,17)10-8(11)5-7(13)6-9(10)12/h5-6,14-15H,2-4H2,1H3. The lowest BCUT2D eigenvalue weighted by Gasteiger charge is -2.10. The van der Waals surface area contributed by atoms with Crippen LogP contribution in [0.4, 0.5) is 4.39 Å². The maximum Gasteiger partial charge on any atom is 0.243 e. The number of likely N-dealkylation sites (N-methyl/N-ethyl adjacent to an activating group) is 1. The van der Waals surface area contributed by atoms with Gasteiger partial charge in [0.1, 0.15) is 10.7 Å². The van der Waals surface area contributed by atoms with Crippen molar-refractivity contribution in [2.75, 3.05) is 19.6 Å². The summed E-state index contributed by atoms with van der Waals surface area (Å²) in [6.07, 6.45) is 0. The van der Waals surface area contributed by atoms with Crippen LogP contribution in [0.5, 0.6) is 0 Å². The first kappa shape index (κ1) is 15.7. The second-order valence-corrected chi connectivity index (χ2v) is 5.97. The number of hydrogen-bond acceptors (Lipinski definition) is 3. The SMILES string of the molecule is CCNCCNS(=O)(=O)c1c(Cl)cc(F)cc1Cl. The Morgan fingerprint density at radius 3 is 2.28 bits per heavy atom. The van der Waals surface area contributed by atoms with E-state index in [9.17, 15) is 12.8 Å². The van der Waals surface area contributed by atoms with E-state index in [0.29, 0.717) is 6.54 Å². The number of rotatable bonds is 6. The first-order valence-corrected chi connectivity index (χ1v) is 7.47. The number of halogens is 3. The third-order valence-corrected chi connectivity index (χ3v) is 4.46. The Labute approximate surface area is 116 Å². The maximum absolute atomic E-state index is 13.0. The molecule has 0 saturated carbocycles. The molecule has 0 unspecified atom stereocenters. The summed E-state index contributed by atoms with van der Waals surface area (Å²) in [4.78, 5) is -0.302. The molecule has 0 aliphatic carbocycles. The molecule has 0 saturated heterocycles. The van der Waals surface area contributed by atoms with Crippen LogP contribution in [0, 0.1) is 5.82 Å². The number of benzene rings is 1. The molecule has 0 amide bonds. The summed E-state index contributed by atoms with van der Waals surface area (Å²) in [6.45, 7) is 3.31. The van der Waals surface area contributed by atoms with Gasteiger partial charge in [0.25, 0.3) is 0 Å². The summed E-state index contributed by atoms with van der Waals surface area (Å²) in [6, 6.07) is 1.82. The highest BCUT2D eigenvalue weighted by molar-refractivity contribution is 7.89. The second kappa shape index (κ2) is 6.68. The summed E-state index contributed by atoms with van der Waals surface area (Å²) in [5.41, 5.74) is 0. The molecule has 0 atom stereocenters. The molecule has 8 heteroatoms. The van der Waals surface area contributed by atoms with Crippen molar-refractivity contribution in [2.45, 2.75) is 11.8 Å². The Morgan fingerprint density at radius 1 is 1.22 bits per heavy atom. The van der Waals surface area contributed by atoms with Gasteiger partial charge in [-0.3, -0.25) is 0 Å². The molecule has 102 valence electrons. The lowest BCUT2D eigenvalue weighted by Crippen LogP contribution is -2.32. The average molecular weight is 315 g/mol. The van der Waals surface area contributed by atoms with Crippen LogP contribution in [0.25, 0.3) is 0 Å². The van der Waals surface area contributed by atoms with E-state index in [1.165, 1.54) is 0 Å². The minimum absolute atomic E-state index is 0.195. The van der Waals surface area contributed by atoms with Crippen LogP contribution in [-0.2, 0) is 10.0 Å². The van der Waals surface area contributed by atoms with Gasteiger partial charge >= 0.3 is 0 Å². The zero-order valence-corrected chi connectivity index (χ0v) is 12.0. The Morgan fingerprint density at radius 2 is 1.78 bits per heavy atom. The van der Waals surface area contributed by atoms with Crippen molar-refractivity contribution in [3.63, 3.8) is 0 Å². The van der Waals surface area contributed by atoms with E-state index in [-0.39, 0.29) is 21.5 Å². The van der Waals surface area contributed by atoms with E-state index in [4.69, 9.17) is 23.2 Å². The Bertz CT molecular complexity index is 500. The zero-order valence-electron chi connectivity index (χ0n) is 9.63. The monoisotopic (exact) mass is 314 g/mol. The first-order valence-electron chi connectivity index (χ1n) is 5.23. The van der Waals surface area contributed by atoms with Gasteiger partial charge < -0.3 is 5.32 Å². The van der Waals surface area contributed by atoms with E-state index >= 15 is 0 Å². The fraction of sp³-hybridized carbons (Fsp3) is 0.400. The second-order valence-electron chi connectivity index (χ2n) is 3.45. The summed E-state index contributed by atoms with van der Waals surface area (Å²) in [5.74, 6) is -0.684. The normalized spacial score (nSPS) is 11.8. The van der Waals surface area contributed by atoms with E-state index < -0.39 is 15.8 Å². The Balaban J connectivity index is 2.92. The van der Waals surface area contributed by atoms with E-state index in [2.05, 4.69) is 10.0 Å². The molecule has 0 aromatic heterocycles. The molecule has 1 rings (SSSR count). The number of nitrogens with one attached hydrogen (secondary N) is 2.